The number of piperidine rings is 1. The molecule has 2 aliphatic rings. The summed E-state index contributed by atoms with van der Waals surface area (Å²) in [5.41, 5.74) is 2.21. The maximum Gasteiger partial charge on any atom is 0.236 e. The van der Waals surface area contributed by atoms with Crippen LogP contribution in [-0.4, -0.2) is 81.2 Å². The predicted molar refractivity (Wildman–Crippen MR) is 138 cm³/mol. The Morgan fingerprint density at radius 1 is 1.31 bits per heavy atom. The highest BCUT2D eigenvalue weighted by molar-refractivity contribution is 14.0. The van der Waals surface area contributed by atoms with E-state index in [0.717, 1.165) is 61.9 Å². The number of nitrogens with zero attached hydrogens (tertiary/aromatic N) is 3. The molecule has 0 radical (unpaired) electrons. The number of benzene rings is 1. The first-order valence-electron chi connectivity index (χ1n) is 11.2. The number of likely N-dealkylation sites (tertiary alicyclic amines) is 1. The number of aliphatic imine (C=N–C) groups is 1. The Bertz CT molecular complexity index is 794. The molecule has 32 heavy (non-hydrogen) atoms. The fraction of sp³-hybridized carbons (Fsp3) is 0.652. The fourth-order valence-electron chi connectivity index (χ4n) is 4.04. The monoisotopic (exact) mass is 559 g/mol. The molecule has 0 aromatic heterocycles. The van der Waals surface area contributed by atoms with Gasteiger partial charge in [0.1, 0.15) is 17.6 Å². The molecule has 2 N–H and O–H groups in total. The highest BCUT2D eigenvalue weighted by Crippen LogP contribution is 2.35. The zero-order chi connectivity index (χ0) is 22.4. The molecule has 3 rings (SSSR count). The summed E-state index contributed by atoms with van der Waals surface area (Å²) in [6, 6.07) is 4.48. The summed E-state index contributed by atoms with van der Waals surface area (Å²) < 4.78 is 11.5. The smallest absolute Gasteiger partial charge is 0.236 e. The first-order valence-corrected chi connectivity index (χ1v) is 11.2. The second-order valence-electron chi connectivity index (χ2n) is 8.58. The summed E-state index contributed by atoms with van der Waals surface area (Å²) in [4.78, 5) is 20.6. The molecule has 2 heterocycles. The van der Waals surface area contributed by atoms with Crippen molar-refractivity contribution in [2.24, 2.45) is 4.99 Å². The zero-order valence-corrected chi connectivity index (χ0v) is 22.3. The second-order valence-corrected chi connectivity index (χ2v) is 8.58. The second kappa shape index (κ2) is 12.5. The van der Waals surface area contributed by atoms with Gasteiger partial charge in [-0.1, -0.05) is 0 Å². The lowest BCUT2D eigenvalue weighted by atomic mass is 10.1. The molecular weight excluding hydrogens is 521 g/mol. The minimum absolute atomic E-state index is 0. The van der Waals surface area contributed by atoms with Gasteiger partial charge < -0.3 is 25.0 Å². The van der Waals surface area contributed by atoms with Crippen LogP contribution in [-0.2, 0) is 17.8 Å². The number of guanidine groups is 1. The highest BCUT2D eigenvalue weighted by atomic mass is 127. The van der Waals surface area contributed by atoms with E-state index in [1.807, 2.05) is 0 Å². The Morgan fingerprint density at radius 3 is 2.66 bits per heavy atom. The van der Waals surface area contributed by atoms with Crippen LogP contribution in [0.4, 0.5) is 0 Å². The molecule has 0 spiro atoms. The third-order valence-electron chi connectivity index (χ3n) is 5.84. The number of carbonyl (C=O) groups is 1. The zero-order valence-electron chi connectivity index (χ0n) is 19.9. The van der Waals surface area contributed by atoms with Gasteiger partial charge in [0.25, 0.3) is 0 Å². The van der Waals surface area contributed by atoms with Crippen molar-refractivity contribution in [2.75, 3.05) is 47.4 Å². The van der Waals surface area contributed by atoms with Crippen LogP contribution in [0.15, 0.2) is 17.1 Å². The van der Waals surface area contributed by atoms with Gasteiger partial charge in [0.05, 0.1) is 20.2 Å². The van der Waals surface area contributed by atoms with Crippen LogP contribution < -0.4 is 20.1 Å². The molecular formula is C23H38IN5O3. The third kappa shape index (κ3) is 7.13. The van der Waals surface area contributed by atoms with E-state index in [0.29, 0.717) is 19.1 Å². The number of methoxy groups -OCH3 is 1. The summed E-state index contributed by atoms with van der Waals surface area (Å²) in [5, 5.41) is 6.91. The highest BCUT2D eigenvalue weighted by Gasteiger charge is 2.23. The Morgan fingerprint density at radius 2 is 2.03 bits per heavy atom. The van der Waals surface area contributed by atoms with E-state index in [1.54, 1.807) is 26.1 Å². The molecule has 9 heteroatoms. The number of hydrogen-bond acceptors (Lipinski definition) is 5. The normalized spacial score (nSPS) is 18.9. The van der Waals surface area contributed by atoms with Gasteiger partial charge in [0.2, 0.25) is 5.91 Å². The number of rotatable bonds is 7. The van der Waals surface area contributed by atoms with E-state index in [9.17, 15) is 4.79 Å². The van der Waals surface area contributed by atoms with Gasteiger partial charge in [-0.15, -0.1) is 24.0 Å². The van der Waals surface area contributed by atoms with Crippen molar-refractivity contribution < 1.29 is 14.3 Å². The van der Waals surface area contributed by atoms with Crippen LogP contribution in [0.2, 0.25) is 0 Å². The van der Waals surface area contributed by atoms with Crippen LogP contribution in [0.1, 0.15) is 37.8 Å². The maximum absolute atomic E-state index is 11.9. The number of ether oxygens (including phenoxy) is 2. The summed E-state index contributed by atoms with van der Waals surface area (Å²) in [7, 11) is 5.31. The molecule has 1 aromatic carbocycles. The Kier molecular flexibility index (Phi) is 10.3. The quantitative estimate of drug-likeness (QED) is 0.303. The van der Waals surface area contributed by atoms with Gasteiger partial charge in [0.15, 0.2) is 5.96 Å². The molecule has 0 aliphatic carbocycles. The van der Waals surface area contributed by atoms with Crippen molar-refractivity contribution in [3.05, 3.63) is 23.3 Å². The Labute approximate surface area is 209 Å². The lowest BCUT2D eigenvalue weighted by molar-refractivity contribution is -0.130. The molecule has 1 atom stereocenters. The molecule has 1 aromatic rings. The van der Waals surface area contributed by atoms with E-state index in [1.165, 1.54) is 5.56 Å². The van der Waals surface area contributed by atoms with Crippen molar-refractivity contribution in [3.8, 4) is 11.5 Å². The lowest BCUT2D eigenvalue weighted by Gasteiger charge is -2.33. The van der Waals surface area contributed by atoms with Crippen LogP contribution in [0, 0.1) is 0 Å². The molecule has 0 bridgehead atoms. The molecule has 1 amide bonds. The van der Waals surface area contributed by atoms with Gasteiger partial charge in [-0.05, 0) is 38.8 Å². The fourth-order valence-corrected chi connectivity index (χ4v) is 4.04. The third-order valence-corrected chi connectivity index (χ3v) is 5.84. The Hall–Kier alpha value is -1.75. The first-order chi connectivity index (χ1) is 14.9. The Balaban J connectivity index is 0.00000363. The standard InChI is InChI=1S/C23H37N5O3.HI/c1-6-24-23(26-19-7-9-28(10-8-19)15-22(29)27(3)4)25-14-18-13-21-17(11-16(2)31-21)12-20(18)30-5;/h12-13,16,19H,6-11,14-15H2,1-5H3,(H2,24,25,26);1H. The molecule has 1 unspecified atom stereocenters. The minimum atomic E-state index is 0. The van der Waals surface area contributed by atoms with Crippen LogP contribution >= 0.6 is 24.0 Å². The summed E-state index contributed by atoms with van der Waals surface area (Å²) in [6.45, 7) is 7.77. The van der Waals surface area contributed by atoms with E-state index >= 15 is 0 Å². The topological polar surface area (TPSA) is 78.4 Å². The van der Waals surface area contributed by atoms with Crippen molar-refractivity contribution in [1.82, 2.24) is 20.4 Å². The largest absolute Gasteiger partial charge is 0.496 e. The predicted octanol–water partition coefficient (Wildman–Crippen LogP) is 2.24. The SMILES string of the molecule is CCNC(=NCc1cc2c(cc1OC)CC(C)O2)NC1CCN(CC(=O)N(C)C)CC1.I. The van der Waals surface area contributed by atoms with Crippen molar-refractivity contribution >= 4 is 35.8 Å². The molecule has 1 fully saturated rings. The number of likely N-dealkylation sites (N-methyl/N-ethyl adjacent to an activating group) is 1. The van der Waals surface area contributed by atoms with Gasteiger partial charge in [0, 0.05) is 57.3 Å². The van der Waals surface area contributed by atoms with E-state index in [-0.39, 0.29) is 36.0 Å². The average Bonchev–Trinajstić information content (AvgIpc) is 3.11. The van der Waals surface area contributed by atoms with Crippen LogP contribution in [0.3, 0.4) is 0 Å². The number of carbonyl (C=O) groups excluding carboxylic acids is 1. The van der Waals surface area contributed by atoms with Crippen molar-refractivity contribution in [2.45, 2.75) is 51.8 Å². The molecule has 8 nitrogen and oxygen atoms in total. The number of amides is 1. The van der Waals surface area contributed by atoms with Gasteiger partial charge in [-0.2, -0.15) is 0 Å². The van der Waals surface area contributed by atoms with E-state index in [2.05, 4.69) is 41.5 Å². The summed E-state index contributed by atoms with van der Waals surface area (Å²) in [5.74, 6) is 2.76. The van der Waals surface area contributed by atoms with E-state index in [4.69, 9.17) is 14.5 Å². The van der Waals surface area contributed by atoms with Crippen LogP contribution in [0.25, 0.3) is 0 Å². The average molecular weight is 559 g/mol. The summed E-state index contributed by atoms with van der Waals surface area (Å²) in [6.07, 6.45) is 3.09. The minimum Gasteiger partial charge on any atom is -0.496 e. The lowest BCUT2D eigenvalue weighted by Crippen LogP contribution is -2.50. The molecule has 180 valence electrons. The molecule has 2 aliphatic heterocycles. The molecule has 0 saturated carbocycles. The maximum atomic E-state index is 11.9. The van der Waals surface area contributed by atoms with Crippen LogP contribution in [0.5, 0.6) is 11.5 Å². The molecule has 1 saturated heterocycles. The van der Waals surface area contributed by atoms with Crippen molar-refractivity contribution in [1.29, 1.82) is 0 Å². The first kappa shape index (κ1) is 26.5. The van der Waals surface area contributed by atoms with Gasteiger partial charge in [-0.25, -0.2) is 4.99 Å². The van der Waals surface area contributed by atoms with Gasteiger partial charge in [-0.3, -0.25) is 9.69 Å². The number of nitrogens with one attached hydrogen (secondary N) is 2. The van der Waals surface area contributed by atoms with E-state index < -0.39 is 0 Å². The van der Waals surface area contributed by atoms with Gasteiger partial charge >= 0.3 is 0 Å². The number of fused-ring (bicyclic) bond motifs is 1. The number of halogens is 1. The number of hydrogen-bond donors (Lipinski definition) is 2. The summed E-state index contributed by atoms with van der Waals surface area (Å²) >= 11 is 0. The van der Waals surface area contributed by atoms with Crippen molar-refractivity contribution in [3.63, 3.8) is 0 Å².